The molecule has 0 spiro atoms. The van der Waals surface area contributed by atoms with E-state index in [2.05, 4.69) is 0 Å². The van der Waals surface area contributed by atoms with E-state index < -0.39 is 108 Å². The third kappa shape index (κ3) is 14.7. The Morgan fingerprint density at radius 3 is 0.840 bits per heavy atom. The van der Waals surface area contributed by atoms with Gasteiger partial charge in [0.25, 0.3) is 0 Å². The molecule has 4 aromatic rings. The Morgan fingerprint density at radius 1 is 0.373 bits per heavy atom. The minimum absolute atomic E-state index is 0.0897. The van der Waals surface area contributed by atoms with Crippen LogP contribution in [0.15, 0.2) is 48.5 Å². The van der Waals surface area contributed by atoms with Gasteiger partial charge >= 0.3 is 23.9 Å². The summed E-state index contributed by atoms with van der Waals surface area (Å²) in [6.07, 6.45) is -2.36. The molecule has 0 heterocycles. The molecule has 75 heavy (non-hydrogen) atoms. The van der Waals surface area contributed by atoms with Gasteiger partial charge in [0.15, 0.2) is 6.10 Å². The van der Waals surface area contributed by atoms with Gasteiger partial charge in [-0.15, -0.1) is 0 Å². The highest BCUT2D eigenvalue weighted by Gasteiger charge is 2.35. The average molecular weight is 1040 g/mol. The van der Waals surface area contributed by atoms with Gasteiger partial charge in [-0.2, -0.15) is 0 Å². The van der Waals surface area contributed by atoms with Crippen LogP contribution in [-0.4, -0.2) is 82.9 Å². The van der Waals surface area contributed by atoms with Crippen LogP contribution >= 0.6 is 0 Å². The smallest absolute Gasteiger partial charge is 0.313 e. The lowest BCUT2D eigenvalue weighted by molar-refractivity contribution is -0.170. The Balaban J connectivity index is 1.73. The van der Waals surface area contributed by atoms with Crippen LogP contribution in [0.2, 0.25) is 0 Å². The van der Waals surface area contributed by atoms with Gasteiger partial charge in [-0.05, 0) is 168 Å². The monoisotopic (exact) mass is 1040 g/mol. The number of ether oxygens (including phenoxy) is 5. The number of carbonyl (C=O) groups is 4. The van der Waals surface area contributed by atoms with E-state index in [9.17, 15) is 39.6 Å². The molecule has 4 rings (SSSR count). The summed E-state index contributed by atoms with van der Waals surface area (Å²) in [5.41, 5.74) is 6.60. The molecule has 0 aliphatic rings. The minimum atomic E-state index is -1.23. The second-order valence-corrected chi connectivity index (χ2v) is 24.5. The van der Waals surface area contributed by atoms with Gasteiger partial charge in [0.2, 0.25) is 0 Å². The summed E-state index contributed by atoms with van der Waals surface area (Å²) in [4.78, 5) is 56.5. The maximum absolute atomic E-state index is 14.4. The summed E-state index contributed by atoms with van der Waals surface area (Å²) in [5.74, 6) is -5.32. The van der Waals surface area contributed by atoms with Crippen molar-refractivity contribution in [2.45, 2.75) is 196 Å². The van der Waals surface area contributed by atoms with E-state index in [0.717, 1.165) is 22.3 Å². The quantitative estimate of drug-likeness (QED) is 0.0543. The molecule has 0 aromatic heterocycles. The molecule has 0 saturated heterocycles. The molecule has 13 heteroatoms. The fraction of sp³-hybridized carbons (Fsp3) is 0.548. The van der Waals surface area contributed by atoms with Crippen molar-refractivity contribution < 1.29 is 63.3 Å². The normalized spacial score (nSPS) is 14.8. The number of phenolic OH excluding ortho intramolecular Hbond substituents is 4. The number of hydrogen-bond acceptors (Lipinski definition) is 13. The van der Waals surface area contributed by atoms with Crippen LogP contribution in [0.1, 0.15) is 201 Å². The van der Waals surface area contributed by atoms with Crippen LogP contribution in [0.3, 0.4) is 0 Å². The number of carbonyl (C=O) groups excluding carboxylic acids is 4. The largest absolute Gasteiger partial charge is 0.508 e. The molecule has 0 aliphatic heterocycles. The summed E-state index contributed by atoms with van der Waals surface area (Å²) in [6.45, 7) is 36.3. The van der Waals surface area contributed by atoms with Gasteiger partial charge in [-0.1, -0.05) is 107 Å². The number of benzene rings is 4. The summed E-state index contributed by atoms with van der Waals surface area (Å²) in [7, 11) is 0. The van der Waals surface area contributed by atoms with Gasteiger partial charge in [-0.3, -0.25) is 19.2 Å². The van der Waals surface area contributed by atoms with E-state index >= 15 is 0 Å². The van der Waals surface area contributed by atoms with E-state index in [-0.39, 0.29) is 23.0 Å². The highest BCUT2D eigenvalue weighted by Crippen LogP contribution is 2.42. The molecule has 0 radical (unpaired) electrons. The molecule has 4 aromatic carbocycles. The van der Waals surface area contributed by atoms with Crippen molar-refractivity contribution in [3.8, 4) is 23.0 Å². The van der Waals surface area contributed by atoms with Crippen molar-refractivity contribution in [3.05, 3.63) is 115 Å². The molecule has 13 nitrogen and oxygen atoms in total. The zero-order valence-electron chi connectivity index (χ0n) is 48.4. The molecule has 4 N–H and O–H groups in total. The first-order valence-corrected chi connectivity index (χ1v) is 26.0. The molecule has 0 aliphatic carbocycles. The van der Waals surface area contributed by atoms with Crippen LogP contribution in [0.25, 0.3) is 0 Å². The zero-order valence-corrected chi connectivity index (χ0v) is 48.4. The zero-order chi connectivity index (χ0) is 57.0. The lowest BCUT2D eigenvalue weighted by Gasteiger charge is -2.30. The predicted molar refractivity (Wildman–Crippen MR) is 292 cm³/mol. The Kier molecular flexibility index (Phi) is 19.6. The molecule has 0 bridgehead atoms. The van der Waals surface area contributed by atoms with Crippen LogP contribution in [0.4, 0.5) is 0 Å². The molecule has 0 saturated carbocycles. The summed E-state index contributed by atoms with van der Waals surface area (Å²) in [5, 5.41) is 42.6. The first kappa shape index (κ1) is 61.5. The SMILES string of the molecule is Cc1c(O)ccc(C(C)C(=O)OCC(COC(=O)C(C)c2ccc(O)c(C)c2C(C)(C)C)OCC(COC(=O)C(C)c2ccc(O)c(C)c2C(C)(C)C)OC(=O)C(C)c2ccc(O)c(C)c2C(C)(C)C)c1C(C)(C)C. The first-order valence-electron chi connectivity index (χ1n) is 26.0. The predicted octanol–water partition coefficient (Wildman–Crippen LogP) is 12.4. The summed E-state index contributed by atoms with van der Waals surface area (Å²) >= 11 is 0. The second-order valence-electron chi connectivity index (χ2n) is 24.5. The van der Waals surface area contributed by atoms with Gasteiger partial charge in [-0.25, -0.2) is 0 Å². The molecular weight excluding hydrogens is 953 g/mol. The van der Waals surface area contributed by atoms with Crippen LogP contribution in [0.5, 0.6) is 23.0 Å². The molecular formula is C62H86O13. The van der Waals surface area contributed by atoms with Crippen molar-refractivity contribution >= 4 is 23.9 Å². The second kappa shape index (κ2) is 23.9. The standard InChI is InChI=1S/C62H86O13/c1-33(43-21-25-47(63)37(5)51(43)59(9,10)11)55(67)72-29-41(30-73-56(68)34(2)44-22-26-48(64)38(6)52(44)60(12,13)14)71-31-42(75-58(70)36(4)46-24-28-50(66)40(8)54(46)62(18,19)20)32-74-57(69)35(3)45-23-27-49(65)39(7)53(45)61(15,16)17/h21-28,33-36,41-42,63-66H,29-32H2,1-20H3. The Bertz CT molecular complexity index is 2630. The minimum Gasteiger partial charge on any atom is -0.508 e. The maximum atomic E-state index is 14.4. The van der Waals surface area contributed by atoms with Gasteiger partial charge in [0.05, 0.1) is 30.3 Å². The van der Waals surface area contributed by atoms with Crippen molar-refractivity contribution in [3.63, 3.8) is 0 Å². The number of hydrogen-bond donors (Lipinski definition) is 4. The summed E-state index contributed by atoms with van der Waals surface area (Å²) < 4.78 is 30.5. The van der Waals surface area contributed by atoms with Gasteiger partial charge < -0.3 is 44.1 Å². The first-order chi connectivity index (χ1) is 34.4. The lowest BCUT2D eigenvalue weighted by atomic mass is 9.77. The number of rotatable bonds is 18. The Hall–Kier alpha value is -6.08. The summed E-state index contributed by atoms with van der Waals surface area (Å²) in [6, 6.07) is 13.0. The average Bonchev–Trinajstić information content (AvgIpc) is 3.30. The van der Waals surface area contributed by atoms with Gasteiger partial charge in [0, 0.05) is 0 Å². The number of aromatic hydroxyl groups is 4. The molecule has 0 amide bonds. The van der Waals surface area contributed by atoms with Crippen molar-refractivity contribution in [1.29, 1.82) is 0 Å². The highest BCUT2D eigenvalue weighted by molar-refractivity contribution is 5.81. The Morgan fingerprint density at radius 2 is 0.600 bits per heavy atom. The van der Waals surface area contributed by atoms with E-state index in [4.69, 9.17) is 23.7 Å². The molecule has 5 atom stereocenters. The molecule has 412 valence electrons. The highest BCUT2D eigenvalue weighted by atomic mass is 16.6. The third-order valence-corrected chi connectivity index (χ3v) is 14.2. The fourth-order valence-electron chi connectivity index (χ4n) is 10.5. The maximum Gasteiger partial charge on any atom is 0.313 e. The fourth-order valence-corrected chi connectivity index (χ4v) is 10.5. The lowest BCUT2D eigenvalue weighted by Crippen LogP contribution is -2.37. The third-order valence-electron chi connectivity index (χ3n) is 14.2. The van der Waals surface area contributed by atoms with Crippen LogP contribution in [-0.2, 0) is 64.5 Å². The van der Waals surface area contributed by atoms with E-state index in [0.29, 0.717) is 44.5 Å². The van der Waals surface area contributed by atoms with Crippen molar-refractivity contribution in [2.75, 3.05) is 26.4 Å². The van der Waals surface area contributed by atoms with E-state index in [1.807, 2.05) is 83.1 Å². The molecule has 5 unspecified atom stereocenters. The number of esters is 4. The van der Waals surface area contributed by atoms with Crippen LogP contribution < -0.4 is 0 Å². The topological polar surface area (TPSA) is 195 Å². The number of phenols is 4. The van der Waals surface area contributed by atoms with E-state index in [1.165, 1.54) is 0 Å². The van der Waals surface area contributed by atoms with Crippen LogP contribution in [0, 0.1) is 27.7 Å². The van der Waals surface area contributed by atoms with Crippen molar-refractivity contribution in [2.24, 2.45) is 0 Å². The van der Waals surface area contributed by atoms with E-state index in [1.54, 1.807) is 104 Å². The van der Waals surface area contributed by atoms with Crippen molar-refractivity contribution in [1.82, 2.24) is 0 Å². The van der Waals surface area contributed by atoms with Gasteiger partial charge in [0.1, 0.15) is 48.9 Å². The Labute approximate surface area is 446 Å². The molecule has 0 fully saturated rings.